The standard InChI is InChI=1S/C18H33N3O2/c1-14-11-15(2)21(18(3,4)12-14)10-6-8-19-16(22)13-20-9-5-7-17(20)23/h14-15H,5-13H2,1-4H3,(H,19,22)/t14-,15+/m0/s1. The van der Waals surface area contributed by atoms with E-state index in [2.05, 4.69) is 37.9 Å². The second-order valence-corrected chi connectivity index (χ2v) is 8.02. The Balaban J connectivity index is 1.68. The third-order valence-electron chi connectivity index (χ3n) is 5.30. The summed E-state index contributed by atoms with van der Waals surface area (Å²) in [4.78, 5) is 27.7. The molecule has 0 bridgehead atoms. The Kier molecular flexibility index (Phi) is 6.06. The van der Waals surface area contributed by atoms with Gasteiger partial charge in [0.2, 0.25) is 11.8 Å². The van der Waals surface area contributed by atoms with E-state index in [0.717, 1.165) is 31.8 Å². The smallest absolute Gasteiger partial charge is 0.239 e. The van der Waals surface area contributed by atoms with E-state index in [1.165, 1.54) is 12.8 Å². The maximum absolute atomic E-state index is 11.9. The summed E-state index contributed by atoms with van der Waals surface area (Å²) in [6.07, 6.45) is 4.93. The summed E-state index contributed by atoms with van der Waals surface area (Å²) in [7, 11) is 0. The summed E-state index contributed by atoms with van der Waals surface area (Å²) in [6, 6.07) is 0.603. The van der Waals surface area contributed by atoms with Gasteiger partial charge in [0.05, 0.1) is 6.54 Å². The molecule has 2 rings (SSSR count). The average molecular weight is 323 g/mol. The Morgan fingerprint density at radius 2 is 2.09 bits per heavy atom. The molecule has 5 heteroatoms. The molecule has 0 spiro atoms. The Morgan fingerprint density at radius 1 is 1.35 bits per heavy atom. The fourth-order valence-corrected chi connectivity index (χ4v) is 4.46. The van der Waals surface area contributed by atoms with Crippen LogP contribution in [0.5, 0.6) is 0 Å². The zero-order valence-corrected chi connectivity index (χ0v) is 15.2. The van der Waals surface area contributed by atoms with Crippen molar-refractivity contribution in [2.24, 2.45) is 5.92 Å². The highest BCUT2D eigenvalue weighted by atomic mass is 16.2. The zero-order chi connectivity index (χ0) is 17.0. The van der Waals surface area contributed by atoms with E-state index < -0.39 is 0 Å². The highest BCUT2D eigenvalue weighted by Gasteiger charge is 2.36. The first kappa shape index (κ1) is 18.2. The molecule has 2 amide bonds. The van der Waals surface area contributed by atoms with Gasteiger partial charge in [-0.15, -0.1) is 0 Å². The fourth-order valence-electron chi connectivity index (χ4n) is 4.46. The number of likely N-dealkylation sites (tertiary alicyclic amines) is 2. The molecule has 2 aliphatic rings. The minimum atomic E-state index is -0.0279. The highest BCUT2D eigenvalue weighted by Crippen LogP contribution is 2.34. The van der Waals surface area contributed by atoms with Crippen LogP contribution in [0.3, 0.4) is 0 Å². The largest absolute Gasteiger partial charge is 0.355 e. The van der Waals surface area contributed by atoms with Crippen LogP contribution in [0.2, 0.25) is 0 Å². The molecule has 132 valence electrons. The molecule has 0 aromatic heterocycles. The number of carbonyl (C=O) groups excluding carboxylic acids is 2. The molecule has 0 aliphatic carbocycles. The lowest BCUT2D eigenvalue weighted by molar-refractivity contribution is -0.133. The third kappa shape index (κ3) is 4.93. The number of rotatable bonds is 6. The van der Waals surface area contributed by atoms with Crippen molar-refractivity contribution in [3.8, 4) is 0 Å². The Labute approximate surface area is 140 Å². The van der Waals surface area contributed by atoms with Gasteiger partial charge in [-0.2, -0.15) is 0 Å². The van der Waals surface area contributed by atoms with Crippen molar-refractivity contribution in [1.82, 2.24) is 15.1 Å². The van der Waals surface area contributed by atoms with Crippen LogP contribution in [-0.4, -0.2) is 59.4 Å². The number of carbonyl (C=O) groups is 2. The van der Waals surface area contributed by atoms with E-state index >= 15 is 0 Å². The highest BCUT2D eigenvalue weighted by molar-refractivity contribution is 5.85. The summed E-state index contributed by atoms with van der Waals surface area (Å²) < 4.78 is 0. The molecule has 2 fully saturated rings. The molecule has 2 aliphatic heterocycles. The van der Waals surface area contributed by atoms with Crippen LogP contribution in [0.4, 0.5) is 0 Å². The monoisotopic (exact) mass is 323 g/mol. The molecular formula is C18H33N3O2. The fraction of sp³-hybridized carbons (Fsp3) is 0.889. The maximum Gasteiger partial charge on any atom is 0.239 e. The van der Waals surface area contributed by atoms with Crippen LogP contribution in [0.15, 0.2) is 0 Å². The second-order valence-electron chi connectivity index (χ2n) is 8.02. The molecule has 0 radical (unpaired) electrons. The van der Waals surface area contributed by atoms with Gasteiger partial charge in [-0.1, -0.05) is 6.92 Å². The Morgan fingerprint density at radius 3 is 2.70 bits per heavy atom. The minimum absolute atomic E-state index is 0.0279. The van der Waals surface area contributed by atoms with Gasteiger partial charge >= 0.3 is 0 Å². The van der Waals surface area contributed by atoms with Crippen LogP contribution in [0.25, 0.3) is 0 Å². The topological polar surface area (TPSA) is 52.7 Å². The van der Waals surface area contributed by atoms with Gasteiger partial charge in [0.25, 0.3) is 0 Å². The van der Waals surface area contributed by atoms with Gasteiger partial charge < -0.3 is 10.2 Å². The lowest BCUT2D eigenvalue weighted by Crippen LogP contribution is -2.54. The van der Waals surface area contributed by atoms with E-state index in [9.17, 15) is 9.59 Å². The van der Waals surface area contributed by atoms with Crippen LogP contribution in [0.1, 0.15) is 59.8 Å². The second kappa shape index (κ2) is 7.65. The lowest BCUT2D eigenvalue weighted by atomic mass is 9.80. The molecule has 0 aromatic carbocycles. The molecule has 0 saturated carbocycles. The molecular weight excluding hydrogens is 290 g/mol. The van der Waals surface area contributed by atoms with Crippen molar-refractivity contribution in [2.75, 3.05) is 26.2 Å². The van der Waals surface area contributed by atoms with Crippen molar-refractivity contribution in [3.63, 3.8) is 0 Å². The molecule has 2 heterocycles. The average Bonchev–Trinajstić information content (AvgIpc) is 2.81. The predicted molar refractivity (Wildman–Crippen MR) is 92.1 cm³/mol. The number of hydrogen-bond donors (Lipinski definition) is 1. The summed E-state index contributed by atoms with van der Waals surface area (Å²) in [5.74, 6) is 0.868. The molecule has 0 unspecified atom stereocenters. The van der Waals surface area contributed by atoms with Crippen molar-refractivity contribution in [1.29, 1.82) is 0 Å². The summed E-state index contributed by atoms with van der Waals surface area (Å²) in [5, 5.41) is 2.96. The normalized spacial score (nSPS) is 28.2. The van der Waals surface area contributed by atoms with Crippen LogP contribution in [-0.2, 0) is 9.59 Å². The molecule has 1 N–H and O–H groups in total. The van der Waals surface area contributed by atoms with Crippen LogP contribution >= 0.6 is 0 Å². The van der Waals surface area contributed by atoms with E-state index in [4.69, 9.17) is 0 Å². The molecule has 2 saturated heterocycles. The molecule has 0 aromatic rings. The SMILES string of the molecule is C[C@H]1C[C@@H](C)N(CCCNC(=O)CN2CCCC2=O)C(C)(C)C1. The number of hydrogen-bond acceptors (Lipinski definition) is 3. The van der Waals surface area contributed by atoms with Gasteiger partial charge in [-0.3, -0.25) is 14.5 Å². The van der Waals surface area contributed by atoms with Crippen molar-refractivity contribution in [2.45, 2.75) is 71.4 Å². The Hall–Kier alpha value is -1.10. The van der Waals surface area contributed by atoms with Gasteiger partial charge in [-0.25, -0.2) is 0 Å². The number of amides is 2. The van der Waals surface area contributed by atoms with Gasteiger partial charge in [0.1, 0.15) is 0 Å². The Bertz CT molecular complexity index is 436. The van der Waals surface area contributed by atoms with E-state index in [1.54, 1.807) is 4.90 Å². The first-order valence-electron chi connectivity index (χ1n) is 9.11. The first-order chi connectivity index (χ1) is 10.8. The molecule has 2 atom stereocenters. The van der Waals surface area contributed by atoms with Crippen molar-refractivity contribution < 1.29 is 9.59 Å². The first-order valence-corrected chi connectivity index (χ1v) is 9.11. The quantitative estimate of drug-likeness (QED) is 0.761. The zero-order valence-electron chi connectivity index (χ0n) is 15.2. The molecule has 23 heavy (non-hydrogen) atoms. The summed E-state index contributed by atoms with van der Waals surface area (Å²) in [6.45, 7) is 12.0. The lowest BCUT2D eigenvalue weighted by Gasteiger charge is -2.49. The van der Waals surface area contributed by atoms with E-state index in [-0.39, 0.29) is 23.9 Å². The van der Waals surface area contributed by atoms with Crippen molar-refractivity contribution in [3.05, 3.63) is 0 Å². The number of nitrogens with zero attached hydrogens (tertiary/aromatic N) is 2. The van der Waals surface area contributed by atoms with Gasteiger partial charge in [0, 0.05) is 37.6 Å². The van der Waals surface area contributed by atoms with Crippen molar-refractivity contribution >= 4 is 11.8 Å². The minimum Gasteiger partial charge on any atom is -0.355 e. The maximum atomic E-state index is 11.9. The molecule has 5 nitrogen and oxygen atoms in total. The number of piperidine rings is 1. The van der Waals surface area contributed by atoms with E-state index in [0.29, 0.717) is 19.0 Å². The van der Waals surface area contributed by atoms with Gasteiger partial charge in [-0.05, 0) is 52.4 Å². The summed E-state index contributed by atoms with van der Waals surface area (Å²) >= 11 is 0. The predicted octanol–water partition coefficient (Wildman–Crippen LogP) is 2.01. The third-order valence-corrected chi connectivity index (χ3v) is 5.30. The van der Waals surface area contributed by atoms with Crippen LogP contribution < -0.4 is 5.32 Å². The summed E-state index contributed by atoms with van der Waals surface area (Å²) in [5.41, 5.74) is 0.239. The number of nitrogens with one attached hydrogen (secondary N) is 1. The van der Waals surface area contributed by atoms with Gasteiger partial charge in [0.15, 0.2) is 0 Å². The van der Waals surface area contributed by atoms with Crippen LogP contribution in [0, 0.1) is 5.92 Å². The van der Waals surface area contributed by atoms with E-state index in [1.807, 2.05) is 0 Å².